The van der Waals surface area contributed by atoms with Crippen molar-refractivity contribution in [3.63, 3.8) is 0 Å². The highest BCUT2D eigenvalue weighted by atomic mass is 32.2. The summed E-state index contributed by atoms with van der Waals surface area (Å²) in [6.45, 7) is 7.01. The molecule has 4 saturated carbocycles. The summed E-state index contributed by atoms with van der Waals surface area (Å²) in [6.07, 6.45) is 12.6. The minimum atomic E-state index is -0.500. The van der Waals surface area contributed by atoms with Crippen molar-refractivity contribution in [2.24, 2.45) is 23.2 Å². The number of nitriles is 1. The Kier molecular flexibility index (Phi) is 7.40. The van der Waals surface area contributed by atoms with Crippen molar-refractivity contribution >= 4 is 29.6 Å². The van der Waals surface area contributed by atoms with Gasteiger partial charge in [0.1, 0.15) is 23.1 Å². The molecule has 2 aromatic rings. The molecule has 5 atom stereocenters. The molecule has 0 saturated heterocycles. The molecule has 10 heteroatoms. The maximum atomic E-state index is 12.5. The van der Waals surface area contributed by atoms with Gasteiger partial charge in [0.05, 0.1) is 6.20 Å². The fourth-order valence-corrected chi connectivity index (χ4v) is 7.55. The molecule has 4 aliphatic carbocycles. The lowest BCUT2D eigenvalue weighted by Gasteiger charge is -2.60. The lowest BCUT2D eigenvalue weighted by Crippen LogP contribution is -2.60. The van der Waals surface area contributed by atoms with Gasteiger partial charge in [-0.05, 0) is 88.4 Å². The molecule has 3 N–H and O–H groups in total. The standard InChI is InChI=1S/C28H37N7O2S/c1-27(2,3)37-26(36)34-23-18-7-17-8-19(23)11-28(9-17,10-18)16-33-24-20(12-29)14-31-25(35-24)32-15-21-13-30-6-5-22(21)38-4/h5-6,13-14,17-19,23H,7-11,15-16H2,1-4H3,(H,34,36)(H2,31,32,33,35)/t17?,18-,19+,23-,28-. The lowest BCUT2D eigenvalue weighted by molar-refractivity contribution is -0.0703. The third-order valence-corrected chi connectivity index (χ3v) is 8.98. The Morgan fingerprint density at radius 3 is 2.66 bits per heavy atom. The van der Waals surface area contributed by atoms with E-state index in [1.807, 2.05) is 39.3 Å². The van der Waals surface area contributed by atoms with Crippen LogP contribution >= 0.6 is 11.8 Å². The normalized spacial score (nSPS) is 27.4. The van der Waals surface area contributed by atoms with Gasteiger partial charge >= 0.3 is 6.09 Å². The van der Waals surface area contributed by atoms with Crippen LogP contribution in [0.4, 0.5) is 16.6 Å². The van der Waals surface area contributed by atoms with Crippen LogP contribution in [0.5, 0.6) is 0 Å². The zero-order chi connectivity index (χ0) is 26.9. The molecule has 0 radical (unpaired) electrons. The number of hydrogen-bond acceptors (Lipinski definition) is 9. The molecule has 4 aliphatic rings. The van der Waals surface area contributed by atoms with Gasteiger partial charge in [0.15, 0.2) is 0 Å². The number of hydrogen-bond donors (Lipinski definition) is 3. The highest BCUT2D eigenvalue weighted by Gasteiger charge is 2.55. The number of aromatic nitrogens is 3. The van der Waals surface area contributed by atoms with Crippen LogP contribution in [0.2, 0.25) is 0 Å². The topological polar surface area (TPSA) is 125 Å². The van der Waals surface area contributed by atoms with E-state index in [9.17, 15) is 10.1 Å². The highest BCUT2D eigenvalue weighted by molar-refractivity contribution is 7.98. The van der Waals surface area contributed by atoms with Gasteiger partial charge in [-0.3, -0.25) is 4.98 Å². The second-order valence-electron chi connectivity index (χ2n) is 12.1. The van der Waals surface area contributed by atoms with Crippen LogP contribution in [0.1, 0.15) is 64.0 Å². The SMILES string of the molecule is CSc1ccncc1CNc1ncc(C#N)c(NC[C@]23CC4C[C@H](C2)[C@@H](NC(=O)OC(C)(C)C)[C@@H](C4)C3)n1. The second kappa shape index (κ2) is 10.6. The fraction of sp³-hybridized carbons (Fsp3) is 0.607. The van der Waals surface area contributed by atoms with Crippen LogP contribution in [-0.2, 0) is 11.3 Å². The number of alkyl carbamates (subject to hydrolysis) is 1. The summed E-state index contributed by atoms with van der Waals surface area (Å²) in [5, 5.41) is 19.7. The third-order valence-electron chi connectivity index (χ3n) is 8.14. The predicted octanol–water partition coefficient (Wildman–Crippen LogP) is 5.21. The average Bonchev–Trinajstić information content (AvgIpc) is 2.87. The van der Waals surface area contributed by atoms with E-state index in [0.717, 1.165) is 42.7 Å². The van der Waals surface area contributed by atoms with Gasteiger partial charge in [0.2, 0.25) is 5.95 Å². The van der Waals surface area contributed by atoms with Crippen molar-refractivity contribution in [2.45, 2.75) is 76.0 Å². The van der Waals surface area contributed by atoms with Crippen molar-refractivity contribution in [3.8, 4) is 6.07 Å². The molecular formula is C28H37N7O2S. The first-order valence-corrected chi connectivity index (χ1v) is 14.6. The number of amides is 1. The van der Waals surface area contributed by atoms with Gasteiger partial charge in [0.25, 0.3) is 0 Å². The number of rotatable bonds is 8. The summed E-state index contributed by atoms with van der Waals surface area (Å²) >= 11 is 1.67. The predicted molar refractivity (Wildman–Crippen MR) is 148 cm³/mol. The second-order valence-corrected chi connectivity index (χ2v) is 13.0. The molecule has 1 unspecified atom stereocenters. The number of pyridine rings is 1. The van der Waals surface area contributed by atoms with Crippen LogP contribution in [0.25, 0.3) is 0 Å². The maximum absolute atomic E-state index is 12.5. The Bertz CT molecular complexity index is 1210. The van der Waals surface area contributed by atoms with E-state index in [1.54, 1.807) is 24.2 Å². The van der Waals surface area contributed by atoms with Crippen molar-refractivity contribution in [3.05, 3.63) is 35.8 Å². The fourth-order valence-electron chi connectivity index (χ4n) is 6.96. The van der Waals surface area contributed by atoms with E-state index in [-0.39, 0.29) is 17.6 Å². The van der Waals surface area contributed by atoms with Gasteiger partial charge in [-0.25, -0.2) is 9.78 Å². The quantitative estimate of drug-likeness (QED) is 0.391. The molecule has 202 valence electrons. The van der Waals surface area contributed by atoms with Crippen LogP contribution in [-0.4, -0.2) is 45.5 Å². The summed E-state index contributed by atoms with van der Waals surface area (Å²) in [5.41, 5.74) is 1.17. The molecule has 6 rings (SSSR count). The first-order valence-electron chi connectivity index (χ1n) is 13.4. The molecule has 9 nitrogen and oxygen atoms in total. The molecule has 2 aromatic heterocycles. The Morgan fingerprint density at radius 2 is 1.97 bits per heavy atom. The summed E-state index contributed by atoms with van der Waals surface area (Å²) in [4.78, 5) is 26.9. The van der Waals surface area contributed by atoms with Gasteiger partial charge in [-0.1, -0.05) is 0 Å². The van der Waals surface area contributed by atoms with E-state index >= 15 is 0 Å². The maximum Gasteiger partial charge on any atom is 0.407 e. The van der Waals surface area contributed by atoms with Crippen LogP contribution in [0.15, 0.2) is 29.6 Å². The highest BCUT2D eigenvalue weighted by Crippen LogP contribution is 2.60. The van der Waals surface area contributed by atoms with E-state index < -0.39 is 5.60 Å². The Hall–Kier alpha value is -3.06. The van der Waals surface area contributed by atoms with Crippen molar-refractivity contribution in [2.75, 3.05) is 23.4 Å². The first kappa shape index (κ1) is 26.5. The molecule has 0 aromatic carbocycles. The number of anilines is 2. The summed E-state index contributed by atoms with van der Waals surface area (Å²) in [6, 6.07) is 4.40. The lowest BCUT2D eigenvalue weighted by atomic mass is 9.48. The van der Waals surface area contributed by atoms with E-state index in [4.69, 9.17) is 4.74 Å². The molecule has 0 spiro atoms. The average molecular weight is 536 g/mol. The van der Waals surface area contributed by atoms with Gasteiger partial charge in [0, 0.05) is 42.0 Å². The molecule has 38 heavy (non-hydrogen) atoms. The largest absolute Gasteiger partial charge is 0.444 e. The number of thioether (sulfide) groups is 1. The monoisotopic (exact) mass is 535 g/mol. The smallest absolute Gasteiger partial charge is 0.407 e. The van der Waals surface area contributed by atoms with Crippen LogP contribution in [0, 0.1) is 34.5 Å². The zero-order valence-corrected chi connectivity index (χ0v) is 23.4. The number of carbonyl (C=O) groups excluding carboxylic acids is 1. The van der Waals surface area contributed by atoms with Gasteiger partial charge < -0.3 is 20.7 Å². The van der Waals surface area contributed by atoms with Crippen LogP contribution < -0.4 is 16.0 Å². The van der Waals surface area contributed by atoms with Crippen molar-refractivity contribution in [1.82, 2.24) is 20.3 Å². The molecule has 4 bridgehead atoms. The van der Waals surface area contributed by atoms with E-state index in [2.05, 4.69) is 37.0 Å². The zero-order valence-electron chi connectivity index (χ0n) is 22.6. The molecular weight excluding hydrogens is 498 g/mol. The molecule has 0 aliphatic heterocycles. The van der Waals surface area contributed by atoms with E-state index in [1.165, 1.54) is 6.42 Å². The van der Waals surface area contributed by atoms with Crippen molar-refractivity contribution < 1.29 is 9.53 Å². The first-order chi connectivity index (χ1) is 18.2. The van der Waals surface area contributed by atoms with Crippen molar-refractivity contribution in [1.29, 1.82) is 5.26 Å². The third kappa shape index (κ3) is 5.83. The number of nitrogens with zero attached hydrogens (tertiary/aromatic N) is 4. The number of ether oxygens (including phenoxy) is 1. The van der Waals surface area contributed by atoms with E-state index in [0.29, 0.717) is 41.6 Å². The Labute approximate surface area is 229 Å². The summed E-state index contributed by atoms with van der Waals surface area (Å²) in [7, 11) is 0. The molecule has 4 fully saturated rings. The van der Waals surface area contributed by atoms with Gasteiger partial charge in [-0.2, -0.15) is 10.2 Å². The number of nitrogens with one attached hydrogen (secondary N) is 3. The van der Waals surface area contributed by atoms with Crippen LogP contribution in [0.3, 0.4) is 0 Å². The van der Waals surface area contributed by atoms with Gasteiger partial charge in [-0.15, -0.1) is 11.8 Å². The summed E-state index contributed by atoms with van der Waals surface area (Å²) < 4.78 is 5.55. The minimum absolute atomic E-state index is 0.150. The number of carbonyl (C=O) groups is 1. The molecule has 2 heterocycles. The molecule has 1 amide bonds. The Morgan fingerprint density at radius 1 is 1.21 bits per heavy atom. The minimum Gasteiger partial charge on any atom is -0.444 e. The Balaban J connectivity index is 1.24. The summed E-state index contributed by atoms with van der Waals surface area (Å²) in [5.74, 6) is 2.65.